The van der Waals surface area contributed by atoms with Crippen molar-refractivity contribution in [2.24, 2.45) is 0 Å². The molecule has 2 unspecified atom stereocenters. The van der Waals surface area contributed by atoms with Gasteiger partial charge in [0.25, 0.3) is 0 Å². The van der Waals surface area contributed by atoms with Crippen LogP contribution in [0, 0.1) is 0 Å². The van der Waals surface area contributed by atoms with Crippen LogP contribution in [0.1, 0.15) is 42.2 Å². The molecular weight excluding hydrogens is 453 g/mol. The number of allylic oxidation sites excluding steroid dienone is 2. The van der Waals surface area contributed by atoms with Gasteiger partial charge in [-0.25, -0.2) is 0 Å². The van der Waals surface area contributed by atoms with Gasteiger partial charge < -0.3 is 19.5 Å². The molecule has 0 spiro atoms. The number of halogens is 2. The van der Waals surface area contributed by atoms with E-state index in [-0.39, 0.29) is 29.9 Å². The van der Waals surface area contributed by atoms with Crippen LogP contribution in [0.25, 0.3) is 0 Å². The average molecular weight is 476 g/mol. The molecule has 4 rings (SSSR count). The quantitative estimate of drug-likeness (QED) is 0.656. The second kappa shape index (κ2) is 9.04. The van der Waals surface area contributed by atoms with Crippen molar-refractivity contribution in [2.75, 3.05) is 21.3 Å². The highest BCUT2D eigenvalue weighted by Gasteiger charge is 2.38. The number of methoxy groups -OCH3 is 3. The lowest BCUT2D eigenvalue weighted by atomic mass is 9.73. The molecule has 0 bridgehead atoms. The molecule has 32 heavy (non-hydrogen) atoms. The highest BCUT2D eigenvalue weighted by molar-refractivity contribution is 6.42. The van der Waals surface area contributed by atoms with Gasteiger partial charge in [-0.15, -0.1) is 0 Å². The van der Waals surface area contributed by atoms with Gasteiger partial charge in [0, 0.05) is 30.0 Å². The second-order valence-electron chi connectivity index (χ2n) is 7.86. The van der Waals surface area contributed by atoms with E-state index >= 15 is 0 Å². The standard InChI is InChI=1S/C24H23Cl2NO5/c1-30-20-9-14(10-21(31-2)24(20)32-3)13-7-18-23(19(28)8-13)15(11-22(29)27-18)12-4-5-16(25)17(26)6-12/h4-6,9-10,13,15H,7-8,11H2,1-3H3,(H,27,29). The zero-order chi connectivity index (χ0) is 23.0. The summed E-state index contributed by atoms with van der Waals surface area (Å²) < 4.78 is 16.3. The number of nitrogens with one attached hydrogen (secondary N) is 1. The summed E-state index contributed by atoms with van der Waals surface area (Å²) in [7, 11) is 4.65. The summed E-state index contributed by atoms with van der Waals surface area (Å²) in [4.78, 5) is 25.8. The molecule has 1 aliphatic carbocycles. The number of ketones is 1. The molecular formula is C24H23Cl2NO5. The number of ether oxygens (including phenoxy) is 3. The Balaban J connectivity index is 1.73. The van der Waals surface area contributed by atoms with Crippen LogP contribution in [-0.2, 0) is 9.59 Å². The number of hydrogen-bond acceptors (Lipinski definition) is 5. The van der Waals surface area contributed by atoms with Crippen LogP contribution in [0.15, 0.2) is 41.6 Å². The molecule has 1 N–H and O–H groups in total. The topological polar surface area (TPSA) is 73.9 Å². The van der Waals surface area contributed by atoms with Gasteiger partial charge in [-0.1, -0.05) is 29.3 Å². The van der Waals surface area contributed by atoms with E-state index in [1.54, 1.807) is 33.5 Å². The molecule has 1 aliphatic heterocycles. The van der Waals surface area contributed by atoms with Crippen molar-refractivity contribution < 1.29 is 23.8 Å². The van der Waals surface area contributed by atoms with Crippen LogP contribution < -0.4 is 19.5 Å². The normalized spacial score (nSPS) is 20.5. The van der Waals surface area contributed by atoms with E-state index in [0.29, 0.717) is 51.4 Å². The number of hydrogen-bond donors (Lipinski definition) is 1. The summed E-state index contributed by atoms with van der Waals surface area (Å²) in [6, 6.07) is 8.95. The molecule has 8 heteroatoms. The first-order chi connectivity index (χ1) is 15.4. The first-order valence-corrected chi connectivity index (χ1v) is 10.9. The minimum Gasteiger partial charge on any atom is -0.493 e. The Labute approximate surface area is 196 Å². The minimum atomic E-state index is -0.345. The number of rotatable bonds is 5. The minimum absolute atomic E-state index is 0.000995. The number of carbonyl (C=O) groups excluding carboxylic acids is 2. The number of carbonyl (C=O) groups is 2. The van der Waals surface area contributed by atoms with Crippen molar-refractivity contribution in [3.63, 3.8) is 0 Å². The van der Waals surface area contributed by atoms with E-state index < -0.39 is 0 Å². The molecule has 168 valence electrons. The van der Waals surface area contributed by atoms with Crippen LogP contribution in [0.2, 0.25) is 10.0 Å². The van der Waals surface area contributed by atoms with E-state index in [2.05, 4.69) is 5.32 Å². The summed E-state index contributed by atoms with van der Waals surface area (Å²) in [5, 5.41) is 3.76. The predicted molar refractivity (Wildman–Crippen MR) is 122 cm³/mol. The van der Waals surface area contributed by atoms with Crippen molar-refractivity contribution in [1.29, 1.82) is 0 Å². The first-order valence-electron chi connectivity index (χ1n) is 10.2. The Hall–Kier alpha value is -2.70. The summed E-state index contributed by atoms with van der Waals surface area (Å²) in [5.41, 5.74) is 2.99. The molecule has 2 aromatic carbocycles. The van der Waals surface area contributed by atoms with Crippen molar-refractivity contribution >= 4 is 34.9 Å². The van der Waals surface area contributed by atoms with E-state index in [4.69, 9.17) is 37.4 Å². The van der Waals surface area contributed by atoms with Crippen LogP contribution in [0.3, 0.4) is 0 Å². The van der Waals surface area contributed by atoms with Gasteiger partial charge in [0.05, 0.1) is 31.4 Å². The SMILES string of the molecule is COc1cc(C2CC(=O)C3=C(C2)NC(=O)CC3c2ccc(Cl)c(Cl)c2)cc(OC)c1OC. The second-order valence-corrected chi connectivity index (χ2v) is 8.67. The zero-order valence-electron chi connectivity index (χ0n) is 18.0. The van der Waals surface area contributed by atoms with Gasteiger partial charge in [-0.05, 0) is 47.7 Å². The molecule has 0 radical (unpaired) electrons. The van der Waals surface area contributed by atoms with Crippen molar-refractivity contribution in [3.05, 3.63) is 62.8 Å². The molecule has 0 saturated heterocycles. The first kappa shape index (κ1) is 22.5. The fourth-order valence-corrected chi connectivity index (χ4v) is 4.85. The molecule has 1 heterocycles. The van der Waals surface area contributed by atoms with Crippen molar-refractivity contribution in [3.8, 4) is 17.2 Å². The molecule has 0 fully saturated rings. The van der Waals surface area contributed by atoms with Crippen LogP contribution in [-0.4, -0.2) is 33.0 Å². The Morgan fingerprint density at radius 3 is 2.12 bits per heavy atom. The van der Waals surface area contributed by atoms with Gasteiger partial charge in [0.2, 0.25) is 11.7 Å². The summed E-state index contributed by atoms with van der Waals surface area (Å²) in [6.07, 6.45) is 1.02. The molecule has 0 saturated carbocycles. The maximum atomic E-state index is 13.3. The lowest BCUT2D eigenvalue weighted by Gasteiger charge is -2.34. The van der Waals surface area contributed by atoms with Gasteiger partial charge in [-0.2, -0.15) is 0 Å². The Morgan fingerprint density at radius 2 is 1.53 bits per heavy atom. The lowest BCUT2D eigenvalue weighted by molar-refractivity contribution is -0.122. The number of amides is 1. The van der Waals surface area contributed by atoms with E-state index in [0.717, 1.165) is 11.1 Å². The van der Waals surface area contributed by atoms with Gasteiger partial charge in [0.15, 0.2) is 17.3 Å². The van der Waals surface area contributed by atoms with E-state index in [9.17, 15) is 9.59 Å². The highest BCUT2D eigenvalue weighted by atomic mass is 35.5. The largest absolute Gasteiger partial charge is 0.493 e. The smallest absolute Gasteiger partial charge is 0.225 e. The molecule has 6 nitrogen and oxygen atoms in total. The highest BCUT2D eigenvalue weighted by Crippen LogP contribution is 2.46. The third-order valence-electron chi connectivity index (χ3n) is 6.04. The molecule has 2 atom stereocenters. The summed E-state index contributed by atoms with van der Waals surface area (Å²) in [5.74, 6) is 0.932. The fraction of sp³-hybridized carbons (Fsp3) is 0.333. The van der Waals surface area contributed by atoms with E-state index in [1.807, 2.05) is 18.2 Å². The Kier molecular flexibility index (Phi) is 6.35. The van der Waals surface area contributed by atoms with Crippen molar-refractivity contribution in [2.45, 2.75) is 31.1 Å². The fourth-order valence-electron chi connectivity index (χ4n) is 4.55. The third-order valence-corrected chi connectivity index (χ3v) is 6.78. The monoisotopic (exact) mass is 475 g/mol. The van der Waals surface area contributed by atoms with Crippen molar-refractivity contribution in [1.82, 2.24) is 5.32 Å². The maximum absolute atomic E-state index is 13.3. The van der Waals surface area contributed by atoms with Gasteiger partial charge >= 0.3 is 0 Å². The number of Topliss-reactive ketones (excluding diaryl/α,β-unsaturated/α-hetero) is 1. The summed E-state index contributed by atoms with van der Waals surface area (Å²) >= 11 is 12.3. The molecule has 1 amide bonds. The molecule has 2 aromatic rings. The number of benzene rings is 2. The lowest BCUT2D eigenvalue weighted by Crippen LogP contribution is -2.38. The van der Waals surface area contributed by atoms with Gasteiger partial charge in [0.1, 0.15) is 0 Å². The predicted octanol–water partition coefficient (Wildman–Crippen LogP) is 5.02. The van der Waals surface area contributed by atoms with Crippen LogP contribution in [0.5, 0.6) is 17.2 Å². The average Bonchev–Trinajstić information content (AvgIpc) is 2.78. The molecule has 0 aromatic heterocycles. The Morgan fingerprint density at radius 1 is 0.844 bits per heavy atom. The third kappa shape index (κ3) is 4.05. The van der Waals surface area contributed by atoms with Gasteiger partial charge in [-0.3, -0.25) is 9.59 Å². The van der Waals surface area contributed by atoms with Crippen LogP contribution in [0.4, 0.5) is 0 Å². The zero-order valence-corrected chi connectivity index (χ0v) is 19.5. The Bertz CT molecular complexity index is 1100. The summed E-state index contributed by atoms with van der Waals surface area (Å²) in [6.45, 7) is 0. The van der Waals surface area contributed by atoms with Crippen LogP contribution >= 0.6 is 23.2 Å². The van der Waals surface area contributed by atoms with E-state index in [1.165, 1.54) is 0 Å². The maximum Gasteiger partial charge on any atom is 0.225 e. The molecule has 2 aliphatic rings.